The average molecular weight is 683 g/mol. The zero-order valence-corrected chi connectivity index (χ0v) is 28.3. The zero-order valence-electron chi connectivity index (χ0n) is 25.1. The van der Waals surface area contributed by atoms with Crippen molar-refractivity contribution in [1.82, 2.24) is 10.6 Å². The summed E-state index contributed by atoms with van der Waals surface area (Å²) in [5, 5.41) is 6.67. The largest absolute Gasteiger partial charge is 0.459 e. The topological polar surface area (TPSA) is 119 Å². The first-order valence-electron chi connectivity index (χ1n) is 13.9. The molecule has 2 amide bonds. The number of carbonyl (C=O) groups is 5. The van der Waals surface area contributed by atoms with E-state index in [9.17, 15) is 24.0 Å². The van der Waals surface area contributed by atoms with Crippen LogP contribution < -0.4 is 10.6 Å². The van der Waals surface area contributed by atoms with Gasteiger partial charge in [0.15, 0.2) is 5.78 Å². The fourth-order valence-corrected chi connectivity index (χ4v) is 5.67. The highest BCUT2D eigenvalue weighted by Crippen LogP contribution is 2.24. The number of amides is 2. The number of ketones is 2. The van der Waals surface area contributed by atoms with Crippen molar-refractivity contribution in [3.63, 3.8) is 0 Å². The quantitative estimate of drug-likeness (QED) is 0.105. The number of nitrogens with one attached hydrogen (secondary N) is 2. The third-order valence-corrected chi connectivity index (χ3v) is 8.14. The zero-order chi connectivity index (χ0) is 30.4. The summed E-state index contributed by atoms with van der Waals surface area (Å²) in [6.07, 6.45) is 3.40. The molecule has 226 valence electrons. The Balaban J connectivity index is 4.99. The van der Waals surface area contributed by atoms with Crippen LogP contribution in [0.4, 0.5) is 0 Å². The summed E-state index contributed by atoms with van der Waals surface area (Å²) in [6, 6.07) is -0.679. The molecule has 10 heteroatoms. The number of rotatable bonds is 19. The van der Waals surface area contributed by atoms with E-state index in [1.807, 2.05) is 48.5 Å². The van der Waals surface area contributed by atoms with Gasteiger partial charge in [-0.3, -0.25) is 24.0 Å². The van der Waals surface area contributed by atoms with Gasteiger partial charge in [-0.25, -0.2) is 0 Å². The fourth-order valence-electron chi connectivity index (χ4n) is 4.07. The van der Waals surface area contributed by atoms with Gasteiger partial charge in [0, 0.05) is 48.3 Å². The minimum Gasteiger partial charge on any atom is -0.459 e. The maximum absolute atomic E-state index is 13.2. The Morgan fingerprint density at radius 3 is 1.97 bits per heavy atom. The predicted molar refractivity (Wildman–Crippen MR) is 162 cm³/mol. The molecule has 0 unspecified atom stereocenters. The van der Waals surface area contributed by atoms with Crippen molar-refractivity contribution in [2.45, 2.75) is 112 Å². The average Bonchev–Trinajstić information content (AvgIpc) is 2.81. The molecular formula is C29H50Br2N2O6. The maximum Gasteiger partial charge on any atom is 0.311 e. The van der Waals surface area contributed by atoms with E-state index in [0.29, 0.717) is 55.7 Å². The number of Topliss-reactive ketones (excluding diaryl/α,β-unsaturated/α-hetero) is 2. The Labute approximate surface area is 252 Å². The number of halogens is 2. The number of unbranched alkanes of at least 4 members (excludes halogenated alkanes) is 1. The second-order valence-corrected chi connectivity index (χ2v) is 13.6. The van der Waals surface area contributed by atoms with Crippen molar-refractivity contribution in [3.8, 4) is 0 Å². The van der Waals surface area contributed by atoms with Crippen molar-refractivity contribution in [2.75, 3.05) is 17.2 Å². The van der Waals surface area contributed by atoms with E-state index in [2.05, 4.69) is 42.5 Å². The summed E-state index contributed by atoms with van der Waals surface area (Å²) in [6.45, 7) is 14.9. The molecule has 2 atom stereocenters. The number of ether oxygens (including phenoxy) is 1. The van der Waals surface area contributed by atoms with Crippen LogP contribution in [-0.2, 0) is 28.7 Å². The molecule has 0 aromatic rings. The molecule has 0 bridgehead atoms. The van der Waals surface area contributed by atoms with E-state index in [-0.39, 0.29) is 47.6 Å². The van der Waals surface area contributed by atoms with E-state index in [4.69, 9.17) is 4.74 Å². The van der Waals surface area contributed by atoms with E-state index >= 15 is 0 Å². The lowest BCUT2D eigenvalue weighted by Crippen LogP contribution is -2.48. The highest BCUT2D eigenvalue weighted by atomic mass is 79.9. The minimum atomic E-state index is -0.679. The van der Waals surface area contributed by atoms with E-state index in [0.717, 1.165) is 0 Å². The lowest BCUT2D eigenvalue weighted by molar-refractivity contribution is -0.160. The van der Waals surface area contributed by atoms with Gasteiger partial charge in [0.1, 0.15) is 11.4 Å². The summed E-state index contributed by atoms with van der Waals surface area (Å²) in [5.74, 6) is -1.62. The van der Waals surface area contributed by atoms with Gasteiger partial charge in [0.25, 0.3) is 0 Å². The normalized spacial score (nSPS) is 13.6. The van der Waals surface area contributed by atoms with E-state index in [1.54, 1.807) is 0 Å². The molecular weight excluding hydrogens is 632 g/mol. The SMILES string of the molecule is CC(=O)NCCC[C@H](NC(=O)[C@@H](CC(=O)CCCCC(C)(C)OC(=O)C(CBr)CBr)C(C)C)C(=O)C(C)(C)C. The molecule has 0 rings (SSSR count). The van der Waals surface area contributed by atoms with Crippen molar-refractivity contribution < 1.29 is 28.7 Å². The molecule has 0 aliphatic heterocycles. The van der Waals surface area contributed by atoms with Crippen molar-refractivity contribution in [2.24, 2.45) is 23.2 Å². The van der Waals surface area contributed by atoms with Gasteiger partial charge in [0.05, 0.1) is 12.0 Å². The standard InChI is InChI=1S/C29H50Br2N2O6/c1-19(2)23(26(37)33-24(25(36)28(4,5)6)13-11-15-32-20(3)34)16-22(35)12-9-10-14-29(7,8)39-27(38)21(17-30)18-31/h19,21,23-24H,9-18H2,1-8H3,(H,32,34)(H,33,37)/t23-,24-/m0/s1. The van der Waals surface area contributed by atoms with Gasteiger partial charge in [-0.1, -0.05) is 66.5 Å². The number of hydrogen-bond donors (Lipinski definition) is 2. The second kappa shape index (κ2) is 18.2. The van der Waals surface area contributed by atoms with Crippen LogP contribution in [0, 0.1) is 23.2 Å². The van der Waals surface area contributed by atoms with E-state index < -0.39 is 23.0 Å². The van der Waals surface area contributed by atoms with Crippen molar-refractivity contribution in [1.29, 1.82) is 0 Å². The molecule has 0 heterocycles. The summed E-state index contributed by atoms with van der Waals surface area (Å²) in [7, 11) is 0. The molecule has 0 aliphatic rings. The molecule has 39 heavy (non-hydrogen) atoms. The molecule has 0 saturated carbocycles. The van der Waals surface area contributed by atoms with Crippen LogP contribution in [0.3, 0.4) is 0 Å². The first kappa shape index (κ1) is 37.7. The third kappa shape index (κ3) is 15.9. The molecule has 0 radical (unpaired) electrons. The maximum atomic E-state index is 13.2. The van der Waals surface area contributed by atoms with Crippen molar-refractivity contribution in [3.05, 3.63) is 0 Å². The Morgan fingerprint density at radius 1 is 0.897 bits per heavy atom. The minimum absolute atomic E-state index is 0.00153. The highest BCUT2D eigenvalue weighted by molar-refractivity contribution is 9.09. The molecule has 0 spiro atoms. The molecule has 8 nitrogen and oxygen atoms in total. The lowest BCUT2D eigenvalue weighted by atomic mass is 9.83. The first-order chi connectivity index (χ1) is 17.9. The molecule has 0 aromatic heterocycles. The molecule has 2 N–H and O–H groups in total. The highest BCUT2D eigenvalue weighted by Gasteiger charge is 2.33. The molecule has 0 aliphatic carbocycles. The van der Waals surface area contributed by atoms with Gasteiger partial charge in [-0.15, -0.1) is 0 Å². The fraction of sp³-hybridized carbons (Fsp3) is 0.828. The second-order valence-electron chi connectivity index (χ2n) is 12.3. The van der Waals surface area contributed by atoms with Gasteiger partial charge < -0.3 is 15.4 Å². The summed E-state index contributed by atoms with van der Waals surface area (Å²) >= 11 is 6.65. The predicted octanol–water partition coefficient (Wildman–Crippen LogP) is 5.52. The first-order valence-corrected chi connectivity index (χ1v) is 16.1. The Morgan fingerprint density at radius 2 is 1.49 bits per heavy atom. The van der Waals surface area contributed by atoms with Crippen LogP contribution in [-0.4, -0.2) is 58.2 Å². The Bertz CT molecular complexity index is 819. The van der Waals surface area contributed by atoms with E-state index in [1.165, 1.54) is 6.92 Å². The Kier molecular flexibility index (Phi) is 17.6. The Hall–Kier alpha value is -1.29. The van der Waals surface area contributed by atoms with Gasteiger partial charge in [-0.05, 0) is 51.9 Å². The summed E-state index contributed by atoms with van der Waals surface area (Å²) < 4.78 is 5.66. The van der Waals surface area contributed by atoms with Gasteiger partial charge >= 0.3 is 5.97 Å². The smallest absolute Gasteiger partial charge is 0.311 e. The molecule has 0 aromatic carbocycles. The van der Waals surface area contributed by atoms with Gasteiger partial charge in [0.2, 0.25) is 11.8 Å². The van der Waals surface area contributed by atoms with Crippen LogP contribution >= 0.6 is 31.9 Å². The summed E-state index contributed by atoms with van der Waals surface area (Å²) in [5.41, 5.74) is -1.27. The number of carbonyl (C=O) groups excluding carboxylic acids is 5. The third-order valence-electron chi connectivity index (χ3n) is 6.57. The van der Waals surface area contributed by atoms with Crippen LogP contribution in [0.1, 0.15) is 100 Å². The lowest BCUT2D eigenvalue weighted by Gasteiger charge is -2.28. The molecule has 0 saturated heterocycles. The van der Waals surface area contributed by atoms with Crippen LogP contribution in [0.25, 0.3) is 0 Å². The van der Waals surface area contributed by atoms with Crippen LogP contribution in [0.5, 0.6) is 0 Å². The summed E-state index contributed by atoms with van der Waals surface area (Å²) in [4.78, 5) is 62.5. The number of esters is 1. The monoisotopic (exact) mass is 680 g/mol. The van der Waals surface area contributed by atoms with Crippen molar-refractivity contribution >= 4 is 61.2 Å². The van der Waals surface area contributed by atoms with Crippen LogP contribution in [0.2, 0.25) is 0 Å². The van der Waals surface area contributed by atoms with Gasteiger partial charge in [-0.2, -0.15) is 0 Å². The molecule has 0 fully saturated rings. The number of hydrogen-bond acceptors (Lipinski definition) is 6. The van der Waals surface area contributed by atoms with Crippen LogP contribution in [0.15, 0.2) is 0 Å². The number of alkyl halides is 2.